The van der Waals surface area contributed by atoms with Gasteiger partial charge in [-0.05, 0) is 35.4 Å². The summed E-state index contributed by atoms with van der Waals surface area (Å²) in [5, 5.41) is 9.69. The van der Waals surface area contributed by atoms with Crippen molar-refractivity contribution < 1.29 is 5.11 Å². The first-order valence-electron chi connectivity index (χ1n) is 4.99. The Labute approximate surface area is 79.4 Å². The molecule has 1 aliphatic carbocycles. The molecular weight excluding hydrogens is 160 g/mol. The minimum absolute atomic E-state index is 0.214. The molecule has 13 heavy (non-hydrogen) atoms. The number of aliphatic hydroxyl groups is 1. The van der Waals surface area contributed by atoms with E-state index in [1.165, 1.54) is 11.1 Å². The molecule has 0 radical (unpaired) electrons. The van der Waals surface area contributed by atoms with E-state index in [2.05, 4.69) is 32.0 Å². The van der Waals surface area contributed by atoms with E-state index >= 15 is 0 Å². The van der Waals surface area contributed by atoms with E-state index in [1.807, 2.05) is 0 Å². The Balaban J connectivity index is 2.42. The van der Waals surface area contributed by atoms with E-state index in [9.17, 15) is 5.11 Å². The summed E-state index contributed by atoms with van der Waals surface area (Å²) in [4.78, 5) is 0. The summed E-state index contributed by atoms with van der Waals surface area (Å²) in [6.07, 6.45) is 1.72. The molecule has 70 valence electrons. The zero-order valence-corrected chi connectivity index (χ0v) is 8.25. The van der Waals surface area contributed by atoms with Crippen molar-refractivity contribution >= 4 is 0 Å². The number of fused-ring (bicyclic) bond motifs is 1. The summed E-state index contributed by atoms with van der Waals surface area (Å²) < 4.78 is 0. The molecule has 0 amide bonds. The molecule has 0 fully saturated rings. The molecule has 1 nitrogen and oxygen atoms in total. The average Bonchev–Trinajstić information content (AvgIpc) is 2.47. The molecule has 1 aromatic carbocycles. The van der Waals surface area contributed by atoms with Gasteiger partial charge in [-0.1, -0.05) is 32.0 Å². The quantitative estimate of drug-likeness (QED) is 0.697. The summed E-state index contributed by atoms with van der Waals surface area (Å²) in [5.74, 6) is 0.554. The van der Waals surface area contributed by atoms with Crippen LogP contribution in [0, 0.1) is 0 Å². The van der Waals surface area contributed by atoms with Gasteiger partial charge in [0.15, 0.2) is 0 Å². The van der Waals surface area contributed by atoms with Crippen molar-refractivity contribution in [1.82, 2.24) is 0 Å². The van der Waals surface area contributed by atoms with Gasteiger partial charge in [-0.3, -0.25) is 0 Å². The summed E-state index contributed by atoms with van der Waals surface area (Å²) >= 11 is 0. The fraction of sp³-hybridized carbons (Fsp3) is 0.500. The SMILES string of the molecule is CC(C)c1ccc2c(c1)C(O)CC2. The summed E-state index contributed by atoms with van der Waals surface area (Å²) in [7, 11) is 0. The second-order valence-electron chi connectivity index (χ2n) is 4.17. The van der Waals surface area contributed by atoms with Crippen molar-refractivity contribution in [2.75, 3.05) is 0 Å². The molecular formula is C12H16O. The minimum atomic E-state index is -0.214. The molecule has 1 unspecified atom stereocenters. The molecule has 1 aromatic rings. The van der Waals surface area contributed by atoms with Gasteiger partial charge in [0.2, 0.25) is 0 Å². The molecule has 0 heterocycles. The van der Waals surface area contributed by atoms with Crippen LogP contribution in [0.25, 0.3) is 0 Å². The first kappa shape index (κ1) is 8.76. The fourth-order valence-corrected chi connectivity index (χ4v) is 1.96. The summed E-state index contributed by atoms with van der Waals surface area (Å²) in [6, 6.07) is 6.51. The largest absolute Gasteiger partial charge is 0.388 e. The zero-order chi connectivity index (χ0) is 9.42. The Bertz CT molecular complexity index is 315. The standard InChI is InChI=1S/C12H16O/c1-8(2)10-4-3-9-5-6-12(13)11(9)7-10/h3-4,7-8,12-13H,5-6H2,1-2H3. The van der Waals surface area contributed by atoms with Gasteiger partial charge in [0, 0.05) is 0 Å². The number of benzene rings is 1. The van der Waals surface area contributed by atoms with Crippen molar-refractivity contribution in [3.05, 3.63) is 34.9 Å². The van der Waals surface area contributed by atoms with E-state index in [0.29, 0.717) is 5.92 Å². The first-order chi connectivity index (χ1) is 6.18. The number of rotatable bonds is 1. The van der Waals surface area contributed by atoms with Crippen molar-refractivity contribution in [1.29, 1.82) is 0 Å². The predicted octanol–water partition coefficient (Wildman–Crippen LogP) is 2.79. The minimum Gasteiger partial charge on any atom is -0.388 e. The van der Waals surface area contributed by atoms with Gasteiger partial charge in [0.1, 0.15) is 0 Å². The number of aryl methyl sites for hydroxylation is 1. The lowest BCUT2D eigenvalue weighted by molar-refractivity contribution is 0.180. The topological polar surface area (TPSA) is 20.2 Å². The maximum Gasteiger partial charge on any atom is 0.0796 e. The van der Waals surface area contributed by atoms with Crippen LogP contribution >= 0.6 is 0 Å². The van der Waals surface area contributed by atoms with Crippen molar-refractivity contribution in [3.8, 4) is 0 Å². The fourth-order valence-electron chi connectivity index (χ4n) is 1.96. The van der Waals surface area contributed by atoms with Crippen LogP contribution in [0.15, 0.2) is 18.2 Å². The van der Waals surface area contributed by atoms with Crippen LogP contribution in [0.3, 0.4) is 0 Å². The Morgan fingerprint density at radius 3 is 2.85 bits per heavy atom. The smallest absolute Gasteiger partial charge is 0.0796 e. The number of hydrogen-bond donors (Lipinski definition) is 1. The van der Waals surface area contributed by atoms with Crippen LogP contribution < -0.4 is 0 Å². The zero-order valence-electron chi connectivity index (χ0n) is 8.25. The third-order valence-corrected chi connectivity index (χ3v) is 2.88. The lowest BCUT2D eigenvalue weighted by Crippen LogP contribution is -1.94. The Morgan fingerprint density at radius 2 is 2.15 bits per heavy atom. The molecule has 1 aliphatic rings. The van der Waals surface area contributed by atoms with E-state index in [0.717, 1.165) is 18.4 Å². The Kier molecular flexibility index (Phi) is 2.12. The molecule has 1 atom stereocenters. The van der Waals surface area contributed by atoms with Crippen LogP contribution in [0.1, 0.15) is 49.0 Å². The highest BCUT2D eigenvalue weighted by Crippen LogP contribution is 2.32. The highest BCUT2D eigenvalue weighted by molar-refractivity contribution is 5.38. The van der Waals surface area contributed by atoms with Crippen molar-refractivity contribution in [2.24, 2.45) is 0 Å². The maximum atomic E-state index is 9.69. The van der Waals surface area contributed by atoms with Gasteiger partial charge in [-0.25, -0.2) is 0 Å². The molecule has 0 bridgehead atoms. The monoisotopic (exact) mass is 176 g/mol. The third-order valence-electron chi connectivity index (χ3n) is 2.88. The van der Waals surface area contributed by atoms with E-state index in [1.54, 1.807) is 0 Å². The van der Waals surface area contributed by atoms with Gasteiger partial charge in [0.05, 0.1) is 6.10 Å². The Hall–Kier alpha value is -0.820. The summed E-state index contributed by atoms with van der Waals surface area (Å²) in [5.41, 5.74) is 3.82. The van der Waals surface area contributed by atoms with Crippen LogP contribution in [-0.4, -0.2) is 5.11 Å². The van der Waals surface area contributed by atoms with E-state index < -0.39 is 0 Å². The van der Waals surface area contributed by atoms with Crippen LogP contribution in [0.4, 0.5) is 0 Å². The second kappa shape index (κ2) is 3.15. The molecule has 2 rings (SSSR count). The van der Waals surface area contributed by atoms with Gasteiger partial charge >= 0.3 is 0 Å². The number of aliphatic hydroxyl groups excluding tert-OH is 1. The average molecular weight is 176 g/mol. The Morgan fingerprint density at radius 1 is 1.38 bits per heavy atom. The molecule has 0 aliphatic heterocycles. The molecule has 0 saturated carbocycles. The summed E-state index contributed by atoms with van der Waals surface area (Å²) in [6.45, 7) is 4.37. The normalized spacial score (nSPS) is 20.8. The van der Waals surface area contributed by atoms with E-state index in [-0.39, 0.29) is 6.10 Å². The van der Waals surface area contributed by atoms with E-state index in [4.69, 9.17) is 0 Å². The van der Waals surface area contributed by atoms with Gasteiger partial charge < -0.3 is 5.11 Å². The second-order valence-corrected chi connectivity index (χ2v) is 4.17. The highest BCUT2D eigenvalue weighted by atomic mass is 16.3. The highest BCUT2D eigenvalue weighted by Gasteiger charge is 2.20. The third kappa shape index (κ3) is 1.49. The lowest BCUT2D eigenvalue weighted by atomic mass is 9.98. The van der Waals surface area contributed by atoms with Crippen molar-refractivity contribution in [2.45, 2.75) is 38.7 Å². The van der Waals surface area contributed by atoms with Crippen LogP contribution in [0.5, 0.6) is 0 Å². The van der Waals surface area contributed by atoms with Crippen molar-refractivity contribution in [3.63, 3.8) is 0 Å². The number of hydrogen-bond acceptors (Lipinski definition) is 1. The molecule has 0 saturated heterocycles. The first-order valence-corrected chi connectivity index (χ1v) is 4.99. The lowest BCUT2D eigenvalue weighted by Gasteiger charge is -2.09. The maximum absolute atomic E-state index is 9.69. The van der Waals surface area contributed by atoms with Crippen LogP contribution in [0.2, 0.25) is 0 Å². The van der Waals surface area contributed by atoms with Gasteiger partial charge in [-0.2, -0.15) is 0 Å². The molecule has 0 aromatic heterocycles. The van der Waals surface area contributed by atoms with Crippen LogP contribution in [-0.2, 0) is 6.42 Å². The predicted molar refractivity (Wildman–Crippen MR) is 53.8 cm³/mol. The molecule has 0 spiro atoms. The molecule has 1 N–H and O–H groups in total. The van der Waals surface area contributed by atoms with Gasteiger partial charge in [0.25, 0.3) is 0 Å². The van der Waals surface area contributed by atoms with Gasteiger partial charge in [-0.15, -0.1) is 0 Å². The molecule has 1 heteroatoms.